The zero-order chi connectivity index (χ0) is 59.9. The number of rotatable bonds is 9. The van der Waals surface area contributed by atoms with Gasteiger partial charge in [-0.3, -0.25) is 24.0 Å². The van der Waals surface area contributed by atoms with Crippen LogP contribution in [0.5, 0.6) is 0 Å². The molecule has 0 aliphatic rings. The second-order valence-electron chi connectivity index (χ2n) is 17.0. The second kappa shape index (κ2) is 30.0. The fraction of sp³-hybridized carbons (Fsp3) is 0.0167. The Morgan fingerprint density at radius 1 is 0.305 bits per heavy atom. The van der Waals surface area contributed by atoms with Gasteiger partial charge in [0.1, 0.15) is 23.3 Å². The smallest absolute Gasteiger partial charge is 0.258 e. The molecule has 5 amide bonds. The monoisotopic (exact) mass is 1120 g/mol. The first-order chi connectivity index (χ1) is 39.0. The van der Waals surface area contributed by atoms with Crippen LogP contribution in [-0.4, -0.2) is 29.5 Å². The molecule has 0 radical (unpaired) electrons. The van der Waals surface area contributed by atoms with Crippen molar-refractivity contribution in [2.75, 3.05) is 61.0 Å². The molecule has 0 saturated carbocycles. The zero-order valence-corrected chi connectivity index (χ0v) is 43.3. The molecule has 9 aromatic carbocycles. The number of hydrogen-bond donors (Lipinski definition) is 11. The first-order valence-electron chi connectivity index (χ1n) is 24.0. The quantitative estimate of drug-likeness (QED) is 0.0477. The Labute approximate surface area is 466 Å². The minimum absolute atomic E-state index is 0.215. The van der Waals surface area contributed by atoms with Gasteiger partial charge in [-0.2, -0.15) is 0 Å². The van der Waals surface area contributed by atoms with Gasteiger partial charge in [-0.05, 0) is 176 Å². The Kier molecular flexibility index (Phi) is 22.5. The van der Waals surface area contributed by atoms with E-state index in [0.29, 0.717) is 62.8 Å². The Hall–Kier alpha value is -11.3. The van der Waals surface area contributed by atoms with E-state index in [0.717, 1.165) is 47.8 Å². The summed E-state index contributed by atoms with van der Waals surface area (Å²) in [7, 11) is 0. The molecule has 17 N–H and O–H groups in total. The fourth-order valence-electron chi connectivity index (χ4n) is 6.56. The highest BCUT2D eigenvalue weighted by atomic mass is 19.2. The summed E-state index contributed by atoms with van der Waals surface area (Å²) in [5, 5.41) is 12.8. The van der Waals surface area contributed by atoms with E-state index >= 15 is 0 Å². The van der Waals surface area contributed by atoms with E-state index in [1.54, 1.807) is 146 Å². The van der Waals surface area contributed by atoms with Gasteiger partial charge in [0.05, 0.1) is 27.9 Å². The topological polar surface area (TPSA) is 302 Å². The van der Waals surface area contributed by atoms with E-state index in [1.807, 2.05) is 0 Å². The maximum absolute atomic E-state index is 13.4. The molecular formula is C60H53F6N11O5. The molecule has 0 atom stereocenters. The lowest BCUT2D eigenvalue weighted by Crippen LogP contribution is -2.16. The lowest BCUT2D eigenvalue weighted by atomic mass is 10.1. The van der Waals surface area contributed by atoms with Gasteiger partial charge in [-0.1, -0.05) is 18.2 Å². The van der Waals surface area contributed by atoms with Gasteiger partial charge in [0.2, 0.25) is 5.91 Å². The van der Waals surface area contributed by atoms with Crippen molar-refractivity contribution in [1.82, 2.24) is 0 Å². The third-order valence-corrected chi connectivity index (χ3v) is 10.6. The average Bonchev–Trinajstić information content (AvgIpc) is 3.61. The number of anilines is 11. The molecule has 0 unspecified atom stereocenters. The zero-order valence-electron chi connectivity index (χ0n) is 43.3. The minimum Gasteiger partial charge on any atom is -0.399 e. The van der Waals surface area contributed by atoms with Crippen LogP contribution in [0.2, 0.25) is 0 Å². The fourth-order valence-corrected chi connectivity index (χ4v) is 6.56. The largest absolute Gasteiger partial charge is 0.399 e. The van der Waals surface area contributed by atoms with Crippen molar-refractivity contribution in [3.63, 3.8) is 0 Å². The number of nitrogens with two attached hydrogens (primary N) is 6. The van der Waals surface area contributed by atoms with Gasteiger partial charge in [0.15, 0.2) is 11.6 Å². The van der Waals surface area contributed by atoms with Gasteiger partial charge in [0, 0.05) is 69.9 Å². The predicted octanol–water partition coefficient (Wildman–Crippen LogP) is 11.7. The third-order valence-electron chi connectivity index (χ3n) is 10.6. The van der Waals surface area contributed by atoms with E-state index in [2.05, 4.69) is 26.6 Å². The van der Waals surface area contributed by atoms with Crippen LogP contribution in [0.15, 0.2) is 200 Å². The number of para-hydroxylation sites is 1. The second-order valence-corrected chi connectivity index (χ2v) is 17.0. The van der Waals surface area contributed by atoms with Crippen LogP contribution >= 0.6 is 0 Å². The molecular weight excluding hydrogens is 1070 g/mol. The molecule has 0 aromatic heterocycles. The average molecular weight is 1120 g/mol. The Morgan fingerprint density at radius 2 is 0.646 bits per heavy atom. The molecule has 0 fully saturated rings. The van der Waals surface area contributed by atoms with Gasteiger partial charge in [-0.25, -0.2) is 26.3 Å². The highest BCUT2D eigenvalue weighted by molar-refractivity contribution is 6.10. The van der Waals surface area contributed by atoms with Crippen molar-refractivity contribution in [3.8, 4) is 0 Å². The SMILES string of the molecule is CC(=O)Nc1ccccc1C(=O)Nc1ccc(N)cc1.Nc1ccc(N)cc1.Nc1ccc(NC(=O)c2cc(F)ccc2F)cc1.Nc1ccc(NC(=O)c2ccc(F)cc2F)cc1.Nc1ccc(NC(=O)c2cccc(F)c2F)cc1. The highest BCUT2D eigenvalue weighted by Crippen LogP contribution is 2.21. The molecule has 0 aliphatic carbocycles. The molecule has 22 heteroatoms. The molecule has 9 rings (SSSR count). The number of halogens is 6. The predicted molar refractivity (Wildman–Crippen MR) is 310 cm³/mol. The Balaban J connectivity index is 0.000000192. The Morgan fingerprint density at radius 3 is 1.06 bits per heavy atom. The van der Waals surface area contributed by atoms with Crippen LogP contribution in [0, 0.1) is 34.9 Å². The number of amides is 5. The van der Waals surface area contributed by atoms with Crippen LogP contribution in [0.25, 0.3) is 0 Å². The van der Waals surface area contributed by atoms with Gasteiger partial charge in [-0.15, -0.1) is 0 Å². The van der Waals surface area contributed by atoms with E-state index < -0.39 is 52.6 Å². The summed E-state index contributed by atoms with van der Waals surface area (Å²) in [4.78, 5) is 58.5. The van der Waals surface area contributed by atoms with Gasteiger partial charge in [0.25, 0.3) is 23.6 Å². The molecule has 9 aromatic rings. The first-order valence-corrected chi connectivity index (χ1v) is 24.0. The normalized spacial score (nSPS) is 9.94. The lowest BCUT2D eigenvalue weighted by molar-refractivity contribution is -0.114. The highest BCUT2D eigenvalue weighted by Gasteiger charge is 2.17. The van der Waals surface area contributed by atoms with Crippen molar-refractivity contribution in [2.24, 2.45) is 0 Å². The van der Waals surface area contributed by atoms with E-state index in [-0.39, 0.29) is 28.5 Å². The Bertz CT molecular complexity index is 3560. The maximum Gasteiger partial charge on any atom is 0.258 e. The van der Waals surface area contributed by atoms with Crippen LogP contribution in [0.4, 0.5) is 88.9 Å². The van der Waals surface area contributed by atoms with E-state index in [1.165, 1.54) is 19.1 Å². The first kappa shape index (κ1) is 61.6. The van der Waals surface area contributed by atoms with Crippen LogP contribution in [0.1, 0.15) is 48.4 Å². The van der Waals surface area contributed by atoms with Crippen molar-refractivity contribution >= 4 is 92.1 Å². The summed E-state index contributed by atoms with van der Waals surface area (Å²) in [5.41, 5.74) is 38.6. The summed E-state index contributed by atoms with van der Waals surface area (Å²) in [6.07, 6.45) is 0. The van der Waals surface area contributed by atoms with E-state index in [9.17, 15) is 50.3 Å². The molecule has 82 heavy (non-hydrogen) atoms. The molecule has 420 valence electrons. The molecule has 0 aliphatic heterocycles. The number of nitrogen functional groups attached to an aromatic ring is 6. The van der Waals surface area contributed by atoms with Crippen LogP contribution in [0.3, 0.4) is 0 Å². The summed E-state index contributed by atoms with van der Waals surface area (Å²) >= 11 is 0. The van der Waals surface area contributed by atoms with Crippen molar-refractivity contribution in [1.29, 1.82) is 0 Å². The molecule has 0 spiro atoms. The number of nitrogens with one attached hydrogen (secondary N) is 5. The van der Waals surface area contributed by atoms with Crippen LogP contribution < -0.4 is 61.0 Å². The van der Waals surface area contributed by atoms with Crippen molar-refractivity contribution in [2.45, 2.75) is 6.92 Å². The maximum atomic E-state index is 13.4. The molecule has 0 saturated heterocycles. The van der Waals surface area contributed by atoms with Gasteiger partial charge >= 0.3 is 0 Å². The van der Waals surface area contributed by atoms with Gasteiger partial charge < -0.3 is 61.0 Å². The summed E-state index contributed by atoms with van der Waals surface area (Å²) in [6.45, 7) is 1.40. The molecule has 0 bridgehead atoms. The lowest BCUT2D eigenvalue weighted by Gasteiger charge is -2.10. The van der Waals surface area contributed by atoms with Crippen molar-refractivity contribution in [3.05, 3.63) is 257 Å². The minimum atomic E-state index is -1.16. The van der Waals surface area contributed by atoms with Crippen LogP contribution in [-0.2, 0) is 4.79 Å². The third kappa shape index (κ3) is 19.9. The standard InChI is InChI=1S/C15H15N3O2.3C13H10F2N2O.C6H8N2/c1-10(19)17-14-5-3-2-4-13(14)15(20)18-12-8-6-11(16)7-9-12;14-8-1-6-12(15)11(7-8)13(18)17-10-4-2-9(16)3-5-10;14-8-1-6-11(12(15)7-8)13(18)17-10-4-2-9(16)3-5-10;14-11-3-1-2-10(12(11)15)13(18)17-9-6-4-8(16)5-7-9;7-5-1-2-6(8)4-3-5/h2-9H,16H2,1H3,(H,17,19)(H,18,20);3*1-7H,16H2,(H,17,18);1-4H,7-8H2. The summed E-state index contributed by atoms with van der Waals surface area (Å²) in [6, 6.07) is 48.8. The van der Waals surface area contributed by atoms with Crippen molar-refractivity contribution < 1.29 is 50.3 Å². The molecule has 0 heterocycles. The van der Waals surface area contributed by atoms with E-state index in [4.69, 9.17) is 34.4 Å². The number of benzene rings is 9. The molecule has 16 nitrogen and oxygen atoms in total. The summed E-state index contributed by atoms with van der Waals surface area (Å²) < 4.78 is 78.6. The summed E-state index contributed by atoms with van der Waals surface area (Å²) in [5.74, 6) is -7.87. The number of carbonyl (C=O) groups is 5. The number of carbonyl (C=O) groups excluding carboxylic acids is 5. The number of hydrogen-bond acceptors (Lipinski definition) is 11.